The van der Waals surface area contributed by atoms with Crippen LogP contribution in [0.5, 0.6) is 0 Å². The number of alkyl halides is 1. The van der Waals surface area contributed by atoms with Gasteiger partial charge in [-0.2, -0.15) is 0 Å². The van der Waals surface area contributed by atoms with Crippen LogP contribution in [0, 0.1) is 0 Å². The van der Waals surface area contributed by atoms with Crippen LogP contribution in [-0.2, 0) is 4.79 Å². The van der Waals surface area contributed by atoms with Gasteiger partial charge in [0.1, 0.15) is 0 Å². The fourth-order valence-electron chi connectivity index (χ4n) is 3.05. The van der Waals surface area contributed by atoms with E-state index >= 15 is 0 Å². The van der Waals surface area contributed by atoms with Crippen LogP contribution in [0.15, 0.2) is 60.7 Å². The minimum atomic E-state index is -0.410. The van der Waals surface area contributed by atoms with Crippen LogP contribution in [0.25, 0.3) is 0 Å². The molecule has 0 heterocycles. The Labute approximate surface area is 166 Å². The molecule has 0 bridgehead atoms. The summed E-state index contributed by atoms with van der Waals surface area (Å²) in [4.78, 5) is 26.9. The first kappa shape index (κ1) is 21.0. The first-order chi connectivity index (χ1) is 12.9. The molecule has 0 spiro atoms. The van der Waals surface area contributed by atoms with E-state index in [0.717, 1.165) is 11.1 Å². The number of nitrogens with zero attached hydrogens (tertiary/aromatic N) is 1. The Morgan fingerprint density at radius 3 is 1.78 bits per heavy atom. The smallest absolute Gasteiger partial charge is 0.311 e. The zero-order valence-corrected chi connectivity index (χ0v) is 16.8. The zero-order chi connectivity index (χ0) is 19.8. The molecule has 3 amide bonds. The van der Waals surface area contributed by atoms with E-state index < -0.39 is 6.03 Å². The Morgan fingerprint density at radius 2 is 1.37 bits per heavy atom. The van der Waals surface area contributed by atoms with Crippen molar-refractivity contribution in [1.82, 2.24) is 10.2 Å². The highest BCUT2D eigenvalue weighted by Gasteiger charge is 2.29. The highest BCUT2D eigenvalue weighted by molar-refractivity contribution is 6.21. The van der Waals surface area contributed by atoms with Gasteiger partial charge in [0, 0.05) is 11.8 Å². The number of rotatable bonds is 7. The second kappa shape index (κ2) is 10.1. The fourth-order valence-corrected chi connectivity index (χ4v) is 3.19. The van der Waals surface area contributed by atoms with Crippen molar-refractivity contribution in [3.63, 3.8) is 0 Å². The summed E-state index contributed by atoms with van der Waals surface area (Å²) in [6, 6.07) is 18.8. The van der Waals surface area contributed by atoms with Crippen molar-refractivity contribution in [1.29, 1.82) is 0 Å². The van der Waals surface area contributed by atoms with E-state index in [1.165, 1.54) is 0 Å². The summed E-state index contributed by atoms with van der Waals surface area (Å²) in [7, 11) is 0. The predicted molar refractivity (Wildman–Crippen MR) is 110 cm³/mol. The third-order valence-corrected chi connectivity index (χ3v) is 5.19. The molecule has 0 fully saturated rings. The summed E-state index contributed by atoms with van der Waals surface area (Å²) in [5.74, 6) is -0.354. The molecule has 0 aliphatic carbocycles. The van der Waals surface area contributed by atoms with Crippen LogP contribution in [-0.4, -0.2) is 22.2 Å². The number of hydrogen-bond acceptors (Lipinski definition) is 2. The van der Waals surface area contributed by atoms with Crippen LogP contribution in [0.1, 0.15) is 56.8 Å². The minimum absolute atomic E-state index is 0.122. The summed E-state index contributed by atoms with van der Waals surface area (Å²) in [5, 5.41) is 2.24. The lowest BCUT2D eigenvalue weighted by atomic mass is 10.0. The van der Waals surface area contributed by atoms with E-state index in [9.17, 15) is 9.59 Å². The fraction of sp³-hybridized carbons (Fsp3) is 0.364. The van der Waals surface area contributed by atoms with Crippen LogP contribution >= 0.6 is 11.6 Å². The lowest BCUT2D eigenvalue weighted by Crippen LogP contribution is -2.45. The van der Waals surface area contributed by atoms with E-state index in [-0.39, 0.29) is 29.8 Å². The van der Waals surface area contributed by atoms with Crippen molar-refractivity contribution in [2.24, 2.45) is 0 Å². The van der Waals surface area contributed by atoms with Gasteiger partial charge < -0.3 is 4.90 Å². The first-order valence-electron chi connectivity index (χ1n) is 9.30. The third kappa shape index (κ3) is 5.83. The highest BCUT2D eigenvalue weighted by Crippen LogP contribution is 2.30. The number of carbonyl (C=O) groups excluding carboxylic acids is 2. The Bertz CT molecular complexity index is 691. The lowest BCUT2D eigenvalue weighted by molar-refractivity contribution is -0.120. The van der Waals surface area contributed by atoms with Gasteiger partial charge in [-0.3, -0.25) is 10.1 Å². The predicted octanol–water partition coefficient (Wildman–Crippen LogP) is 5.45. The van der Waals surface area contributed by atoms with Crippen molar-refractivity contribution in [3.8, 4) is 0 Å². The van der Waals surface area contributed by atoms with Crippen molar-refractivity contribution in [3.05, 3.63) is 71.8 Å². The standard InChI is InChI=1S/C22H27ClN2O2/c1-4-20(23)15-21(26)24-22(27)25(16(2)18-11-7-5-8-12-18)17(3)19-13-9-6-10-14-19/h5-14,16-17,20H,4,15H2,1-3H3,(H,24,26,27)/t16-,17-,20?/m0/s1. The molecular formula is C22H27ClN2O2. The summed E-state index contributed by atoms with van der Waals surface area (Å²) < 4.78 is 0. The molecule has 3 atom stereocenters. The topological polar surface area (TPSA) is 49.4 Å². The lowest BCUT2D eigenvalue weighted by Gasteiger charge is -2.35. The van der Waals surface area contributed by atoms with E-state index in [1.54, 1.807) is 4.90 Å². The average molecular weight is 387 g/mol. The van der Waals surface area contributed by atoms with Gasteiger partial charge in [0.2, 0.25) is 5.91 Å². The van der Waals surface area contributed by atoms with Gasteiger partial charge in [0.15, 0.2) is 0 Å². The SMILES string of the molecule is CCC(Cl)CC(=O)NC(=O)N([C@@H](C)c1ccccc1)[C@@H](C)c1ccccc1. The molecule has 0 saturated heterocycles. The number of halogens is 1. The number of nitrogens with one attached hydrogen (secondary N) is 1. The number of urea groups is 1. The summed E-state index contributed by atoms with van der Waals surface area (Å²) in [5.41, 5.74) is 2.01. The molecule has 144 valence electrons. The number of amides is 3. The summed E-state index contributed by atoms with van der Waals surface area (Å²) >= 11 is 6.05. The molecule has 2 rings (SSSR count). The third-order valence-electron chi connectivity index (χ3n) is 4.73. The van der Waals surface area contributed by atoms with Gasteiger partial charge in [-0.25, -0.2) is 4.79 Å². The van der Waals surface area contributed by atoms with Gasteiger partial charge in [-0.05, 0) is 31.4 Å². The zero-order valence-electron chi connectivity index (χ0n) is 16.1. The summed E-state index contributed by atoms with van der Waals surface area (Å²) in [6.07, 6.45) is 0.796. The molecule has 0 aliphatic rings. The van der Waals surface area contributed by atoms with Gasteiger partial charge >= 0.3 is 6.03 Å². The van der Waals surface area contributed by atoms with Crippen LogP contribution in [0.2, 0.25) is 0 Å². The molecule has 0 aromatic heterocycles. The maximum Gasteiger partial charge on any atom is 0.325 e. The van der Waals surface area contributed by atoms with Gasteiger partial charge in [0.25, 0.3) is 0 Å². The molecule has 1 N–H and O–H groups in total. The molecule has 0 saturated carbocycles. The molecule has 2 aromatic rings. The average Bonchev–Trinajstić information content (AvgIpc) is 2.69. The van der Waals surface area contributed by atoms with Gasteiger partial charge in [-0.15, -0.1) is 11.6 Å². The Hall–Kier alpha value is -2.33. The monoisotopic (exact) mass is 386 g/mol. The molecule has 0 radical (unpaired) electrons. The first-order valence-corrected chi connectivity index (χ1v) is 9.73. The molecular weight excluding hydrogens is 360 g/mol. The minimum Gasteiger partial charge on any atom is -0.311 e. The van der Waals surface area contributed by atoms with Crippen LogP contribution < -0.4 is 5.32 Å². The Balaban J connectivity index is 2.26. The van der Waals surface area contributed by atoms with E-state index in [0.29, 0.717) is 6.42 Å². The van der Waals surface area contributed by atoms with Crippen molar-refractivity contribution < 1.29 is 9.59 Å². The largest absolute Gasteiger partial charge is 0.325 e. The highest BCUT2D eigenvalue weighted by atomic mass is 35.5. The van der Waals surface area contributed by atoms with Crippen LogP contribution in [0.3, 0.4) is 0 Å². The number of imide groups is 1. The molecule has 27 heavy (non-hydrogen) atoms. The van der Waals surface area contributed by atoms with E-state index in [4.69, 9.17) is 11.6 Å². The van der Waals surface area contributed by atoms with E-state index in [1.807, 2.05) is 81.4 Å². The molecule has 0 aliphatic heterocycles. The number of hydrogen-bond donors (Lipinski definition) is 1. The van der Waals surface area contributed by atoms with Gasteiger partial charge in [0.05, 0.1) is 12.1 Å². The Morgan fingerprint density at radius 1 is 0.926 bits per heavy atom. The molecule has 5 heteroatoms. The normalized spacial score (nSPS) is 14.1. The summed E-state index contributed by atoms with van der Waals surface area (Å²) in [6.45, 7) is 5.85. The van der Waals surface area contributed by atoms with Crippen molar-refractivity contribution >= 4 is 23.5 Å². The second-order valence-corrected chi connectivity index (χ2v) is 7.26. The molecule has 1 unspecified atom stereocenters. The molecule has 2 aromatic carbocycles. The van der Waals surface area contributed by atoms with E-state index in [2.05, 4.69) is 5.32 Å². The quantitative estimate of drug-likeness (QED) is 0.643. The van der Waals surface area contributed by atoms with Gasteiger partial charge in [-0.1, -0.05) is 67.6 Å². The Kier molecular flexibility index (Phi) is 7.86. The number of benzene rings is 2. The maximum atomic E-state index is 13.0. The second-order valence-electron chi connectivity index (χ2n) is 6.64. The van der Waals surface area contributed by atoms with Crippen molar-refractivity contribution in [2.45, 2.75) is 51.1 Å². The van der Waals surface area contributed by atoms with Crippen molar-refractivity contribution in [2.75, 3.05) is 0 Å². The molecule has 4 nitrogen and oxygen atoms in total. The van der Waals surface area contributed by atoms with Crippen LogP contribution in [0.4, 0.5) is 4.79 Å². The maximum absolute atomic E-state index is 13.0. The number of carbonyl (C=O) groups is 2.